The molecule has 3 nitrogen and oxygen atoms in total. The number of carbonyl (C=O) groups is 1. The van der Waals surface area contributed by atoms with Gasteiger partial charge in [-0.15, -0.1) is 0 Å². The topological polar surface area (TPSA) is 42.2 Å². The minimum absolute atomic E-state index is 0.182. The molecule has 1 N–H and O–H groups in total. The number of amides is 1. The molecule has 0 aliphatic rings. The van der Waals surface area contributed by atoms with E-state index in [1.54, 1.807) is 11.3 Å². The van der Waals surface area contributed by atoms with Crippen molar-refractivity contribution in [1.29, 1.82) is 0 Å². The van der Waals surface area contributed by atoms with Crippen LogP contribution < -0.4 is 5.32 Å². The summed E-state index contributed by atoms with van der Waals surface area (Å²) < 4.78 is 43.2. The lowest BCUT2D eigenvalue weighted by atomic mass is 10.1. The fourth-order valence-corrected chi connectivity index (χ4v) is 3.07. The van der Waals surface area contributed by atoms with Gasteiger partial charge in [-0.3, -0.25) is 4.79 Å². The van der Waals surface area contributed by atoms with Gasteiger partial charge < -0.3 is 9.73 Å². The minimum Gasteiger partial charge on any atom is -0.459 e. The van der Waals surface area contributed by atoms with Crippen molar-refractivity contribution < 1.29 is 22.4 Å². The van der Waals surface area contributed by atoms with Crippen molar-refractivity contribution in [2.75, 3.05) is 0 Å². The fraction of sp³-hybridized carbons (Fsp3) is 0.211. The minimum atomic E-state index is -4.35. The molecule has 136 valence electrons. The van der Waals surface area contributed by atoms with Crippen molar-refractivity contribution in [3.05, 3.63) is 70.1 Å². The average Bonchev–Trinajstić information content (AvgIpc) is 3.29. The van der Waals surface area contributed by atoms with Crippen molar-refractivity contribution in [3.8, 4) is 11.3 Å². The molecule has 3 aromatic rings. The summed E-state index contributed by atoms with van der Waals surface area (Å²) in [6.45, 7) is 0.274. The number of thiophene rings is 1. The van der Waals surface area contributed by atoms with E-state index in [2.05, 4.69) is 5.32 Å². The quantitative estimate of drug-likeness (QED) is 0.633. The standard InChI is InChI=1S/C19H16F3NO2S/c20-19(21,22)15-4-1-13(2-5-15)3-8-18(24)23-11-16-6-7-17(25-16)14-9-10-26-12-14/h1-2,4-7,9-10,12H,3,8,11H2,(H,23,24). The van der Waals surface area contributed by atoms with E-state index in [9.17, 15) is 18.0 Å². The molecular weight excluding hydrogens is 363 g/mol. The van der Waals surface area contributed by atoms with Gasteiger partial charge in [-0.2, -0.15) is 24.5 Å². The highest BCUT2D eigenvalue weighted by Gasteiger charge is 2.29. The molecule has 1 amide bonds. The zero-order valence-electron chi connectivity index (χ0n) is 13.7. The molecule has 26 heavy (non-hydrogen) atoms. The molecule has 0 saturated heterocycles. The Bertz CT molecular complexity index is 852. The van der Waals surface area contributed by atoms with E-state index < -0.39 is 11.7 Å². The third-order valence-electron chi connectivity index (χ3n) is 3.85. The van der Waals surface area contributed by atoms with E-state index in [1.807, 2.05) is 29.0 Å². The highest BCUT2D eigenvalue weighted by Crippen LogP contribution is 2.29. The predicted octanol–water partition coefficient (Wildman–Crippen LogP) is 5.28. The van der Waals surface area contributed by atoms with Gasteiger partial charge in [0.05, 0.1) is 12.1 Å². The van der Waals surface area contributed by atoms with E-state index in [-0.39, 0.29) is 18.9 Å². The molecular formula is C19H16F3NO2S. The lowest BCUT2D eigenvalue weighted by molar-refractivity contribution is -0.137. The monoisotopic (exact) mass is 379 g/mol. The van der Waals surface area contributed by atoms with Crippen LogP contribution >= 0.6 is 11.3 Å². The van der Waals surface area contributed by atoms with Gasteiger partial charge in [0.25, 0.3) is 0 Å². The Balaban J connectivity index is 1.46. The molecule has 0 unspecified atom stereocenters. The number of aryl methyl sites for hydroxylation is 1. The summed E-state index contributed by atoms with van der Waals surface area (Å²) in [6.07, 6.45) is -3.77. The third kappa shape index (κ3) is 4.76. The van der Waals surface area contributed by atoms with Crippen LogP contribution in [0.4, 0.5) is 13.2 Å². The predicted molar refractivity (Wildman–Crippen MR) is 93.6 cm³/mol. The molecule has 0 atom stereocenters. The van der Waals surface area contributed by atoms with Crippen molar-refractivity contribution >= 4 is 17.2 Å². The zero-order chi connectivity index (χ0) is 18.6. The van der Waals surface area contributed by atoms with E-state index in [0.29, 0.717) is 17.7 Å². The Labute approximate surface area is 152 Å². The second-order valence-electron chi connectivity index (χ2n) is 5.75. The summed E-state index contributed by atoms with van der Waals surface area (Å²) in [5, 5.41) is 6.69. The first-order valence-corrected chi connectivity index (χ1v) is 8.90. The second kappa shape index (κ2) is 7.78. The summed E-state index contributed by atoms with van der Waals surface area (Å²) in [7, 11) is 0. The molecule has 7 heteroatoms. The van der Waals surface area contributed by atoms with Crippen molar-refractivity contribution in [2.45, 2.75) is 25.6 Å². The van der Waals surface area contributed by atoms with E-state index >= 15 is 0 Å². The molecule has 1 aromatic carbocycles. The number of alkyl halides is 3. The number of benzene rings is 1. The SMILES string of the molecule is O=C(CCc1ccc(C(F)(F)F)cc1)NCc1ccc(-c2ccsc2)o1. The lowest BCUT2D eigenvalue weighted by Crippen LogP contribution is -2.22. The zero-order valence-corrected chi connectivity index (χ0v) is 14.5. The van der Waals surface area contributed by atoms with Gasteiger partial charge in [0.1, 0.15) is 11.5 Å². The Kier molecular flexibility index (Phi) is 5.46. The number of rotatable bonds is 6. The van der Waals surface area contributed by atoms with Crippen LogP contribution in [0, 0.1) is 0 Å². The van der Waals surface area contributed by atoms with Crippen LogP contribution in [-0.2, 0) is 23.9 Å². The van der Waals surface area contributed by atoms with Crippen molar-refractivity contribution in [1.82, 2.24) is 5.32 Å². The Morgan fingerprint density at radius 3 is 2.50 bits per heavy atom. The number of hydrogen-bond acceptors (Lipinski definition) is 3. The third-order valence-corrected chi connectivity index (χ3v) is 4.53. The molecule has 0 saturated carbocycles. The number of furan rings is 1. The maximum Gasteiger partial charge on any atom is 0.416 e. The van der Waals surface area contributed by atoms with E-state index in [0.717, 1.165) is 23.5 Å². The van der Waals surface area contributed by atoms with E-state index in [1.165, 1.54) is 12.1 Å². The molecule has 2 heterocycles. The van der Waals surface area contributed by atoms with Gasteiger partial charge >= 0.3 is 6.18 Å². The second-order valence-corrected chi connectivity index (χ2v) is 6.53. The van der Waals surface area contributed by atoms with Gasteiger partial charge in [0, 0.05) is 17.4 Å². The molecule has 0 fully saturated rings. The maximum absolute atomic E-state index is 12.5. The molecule has 3 rings (SSSR count). The Morgan fingerprint density at radius 1 is 1.08 bits per heavy atom. The number of nitrogens with one attached hydrogen (secondary N) is 1. The molecule has 0 radical (unpaired) electrons. The molecule has 2 aromatic heterocycles. The first-order valence-electron chi connectivity index (χ1n) is 7.96. The van der Waals surface area contributed by atoms with Gasteiger partial charge in [0.2, 0.25) is 5.91 Å². The summed E-state index contributed by atoms with van der Waals surface area (Å²) in [4.78, 5) is 11.9. The summed E-state index contributed by atoms with van der Waals surface area (Å²) in [5.41, 5.74) is 0.991. The molecule has 0 aliphatic carbocycles. The molecule has 0 aliphatic heterocycles. The Hall–Kier alpha value is -2.54. The van der Waals surface area contributed by atoms with Crippen LogP contribution in [0.2, 0.25) is 0 Å². The van der Waals surface area contributed by atoms with Crippen LogP contribution in [-0.4, -0.2) is 5.91 Å². The Morgan fingerprint density at radius 2 is 1.85 bits per heavy atom. The first-order chi connectivity index (χ1) is 12.4. The summed E-state index contributed by atoms with van der Waals surface area (Å²) in [6, 6.07) is 10.5. The van der Waals surface area contributed by atoms with Crippen LogP contribution in [0.1, 0.15) is 23.3 Å². The molecule has 0 spiro atoms. The smallest absolute Gasteiger partial charge is 0.416 e. The maximum atomic E-state index is 12.5. The van der Waals surface area contributed by atoms with Crippen LogP contribution in [0.25, 0.3) is 11.3 Å². The number of hydrogen-bond donors (Lipinski definition) is 1. The largest absolute Gasteiger partial charge is 0.459 e. The lowest BCUT2D eigenvalue weighted by Gasteiger charge is -2.08. The van der Waals surface area contributed by atoms with Gasteiger partial charge in [-0.25, -0.2) is 0 Å². The van der Waals surface area contributed by atoms with Crippen molar-refractivity contribution in [3.63, 3.8) is 0 Å². The van der Waals surface area contributed by atoms with Crippen molar-refractivity contribution in [2.24, 2.45) is 0 Å². The first kappa shape index (κ1) is 18.3. The normalized spacial score (nSPS) is 11.5. The van der Waals surface area contributed by atoms with Crippen LogP contribution in [0.3, 0.4) is 0 Å². The highest BCUT2D eigenvalue weighted by molar-refractivity contribution is 7.08. The molecule has 0 bridgehead atoms. The number of carbonyl (C=O) groups excluding carboxylic acids is 1. The van der Waals surface area contributed by atoms with Gasteiger partial charge in [0.15, 0.2) is 0 Å². The van der Waals surface area contributed by atoms with E-state index in [4.69, 9.17) is 4.42 Å². The number of halogens is 3. The average molecular weight is 379 g/mol. The van der Waals surface area contributed by atoms with Crippen LogP contribution in [0.15, 0.2) is 57.6 Å². The fourth-order valence-electron chi connectivity index (χ4n) is 2.43. The van der Waals surface area contributed by atoms with Gasteiger partial charge in [-0.1, -0.05) is 12.1 Å². The van der Waals surface area contributed by atoms with Gasteiger partial charge in [-0.05, 0) is 47.7 Å². The summed E-state index contributed by atoms with van der Waals surface area (Å²) in [5.74, 6) is 1.22. The van der Waals surface area contributed by atoms with Crippen LogP contribution in [0.5, 0.6) is 0 Å². The summed E-state index contributed by atoms with van der Waals surface area (Å²) >= 11 is 1.58. The highest BCUT2D eigenvalue weighted by atomic mass is 32.1.